The van der Waals surface area contributed by atoms with E-state index < -0.39 is 12.0 Å². The predicted molar refractivity (Wildman–Crippen MR) is 82.8 cm³/mol. The quantitative estimate of drug-likeness (QED) is 0.911. The van der Waals surface area contributed by atoms with Crippen LogP contribution >= 0.6 is 0 Å². The van der Waals surface area contributed by atoms with Gasteiger partial charge in [0, 0.05) is 6.92 Å². The van der Waals surface area contributed by atoms with Crippen molar-refractivity contribution in [3.63, 3.8) is 0 Å². The highest BCUT2D eigenvalue weighted by atomic mass is 16.4. The second-order valence-electron chi connectivity index (χ2n) is 4.49. The molecule has 0 saturated carbocycles. The first kappa shape index (κ1) is 16.4. The van der Waals surface area contributed by atoms with Crippen LogP contribution in [0.25, 0.3) is 11.1 Å². The van der Waals surface area contributed by atoms with Gasteiger partial charge in [-0.05, 0) is 18.1 Å². The van der Waals surface area contributed by atoms with Gasteiger partial charge in [-0.2, -0.15) is 0 Å². The van der Waals surface area contributed by atoms with Gasteiger partial charge in [0.15, 0.2) is 0 Å². The first-order valence-electron chi connectivity index (χ1n) is 6.61. The smallest absolute Gasteiger partial charge is 0.325 e. The molecule has 0 spiro atoms. The summed E-state index contributed by atoms with van der Waals surface area (Å²) < 4.78 is 0. The van der Waals surface area contributed by atoms with E-state index in [1.165, 1.54) is 25.0 Å². The van der Waals surface area contributed by atoms with Gasteiger partial charge in [-0.25, -0.2) is 0 Å². The normalized spacial score (nSPS) is 10.8. The van der Waals surface area contributed by atoms with Crippen LogP contribution in [0.4, 0.5) is 0 Å². The van der Waals surface area contributed by atoms with Crippen molar-refractivity contribution in [3.05, 3.63) is 60.7 Å². The van der Waals surface area contributed by atoms with Crippen molar-refractivity contribution in [2.45, 2.75) is 19.9 Å². The van der Waals surface area contributed by atoms with Crippen LogP contribution in [0.1, 0.15) is 13.8 Å². The molecule has 1 amide bonds. The molecule has 0 radical (unpaired) electrons. The van der Waals surface area contributed by atoms with Crippen LogP contribution in [-0.2, 0) is 9.59 Å². The Labute approximate surface area is 124 Å². The largest absolute Gasteiger partial charge is 0.480 e. The molecule has 2 N–H and O–H groups in total. The molecule has 2 aromatic carbocycles. The van der Waals surface area contributed by atoms with Gasteiger partial charge in [-0.1, -0.05) is 60.7 Å². The number of rotatable bonds is 3. The number of aliphatic carboxylic acids is 1. The third kappa shape index (κ3) is 6.38. The van der Waals surface area contributed by atoms with Crippen LogP contribution in [-0.4, -0.2) is 23.0 Å². The van der Waals surface area contributed by atoms with Gasteiger partial charge in [0.05, 0.1) is 0 Å². The summed E-state index contributed by atoms with van der Waals surface area (Å²) in [6, 6.07) is 20.0. The van der Waals surface area contributed by atoms with Crippen LogP contribution < -0.4 is 5.32 Å². The van der Waals surface area contributed by atoms with Gasteiger partial charge in [-0.15, -0.1) is 0 Å². The molecule has 0 fully saturated rings. The van der Waals surface area contributed by atoms with Crippen LogP contribution in [0.2, 0.25) is 0 Å². The predicted octanol–water partition coefficient (Wildman–Crippen LogP) is 2.95. The first-order valence-corrected chi connectivity index (χ1v) is 6.61. The second kappa shape index (κ2) is 8.53. The maximum absolute atomic E-state index is 10.2. The highest BCUT2D eigenvalue weighted by Gasteiger charge is 2.09. The molecule has 0 aliphatic heterocycles. The van der Waals surface area contributed by atoms with E-state index in [2.05, 4.69) is 53.8 Å². The average Bonchev–Trinajstić information content (AvgIpc) is 2.49. The molecule has 0 saturated heterocycles. The topological polar surface area (TPSA) is 66.4 Å². The summed E-state index contributed by atoms with van der Waals surface area (Å²) in [5.74, 6) is -1.35. The van der Waals surface area contributed by atoms with Gasteiger partial charge in [0.1, 0.15) is 6.04 Å². The molecular weight excluding hydrogens is 266 g/mol. The Balaban J connectivity index is 0.000000222. The first-order chi connectivity index (χ1) is 10.0. The van der Waals surface area contributed by atoms with E-state index in [0.29, 0.717) is 0 Å². The summed E-state index contributed by atoms with van der Waals surface area (Å²) in [6.45, 7) is 2.68. The third-order valence-electron chi connectivity index (χ3n) is 2.67. The second-order valence-corrected chi connectivity index (χ2v) is 4.49. The number of carboxylic acid groups (broad SMARTS) is 1. The fourth-order valence-corrected chi connectivity index (χ4v) is 1.63. The number of hydrogen-bond donors (Lipinski definition) is 2. The molecule has 110 valence electrons. The zero-order chi connectivity index (χ0) is 15.7. The maximum atomic E-state index is 10.2. The minimum Gasteiger partial charge on any atom is -0.480 e. The van der Waals surface area contributed by atoms with Crippen LogP contribution in [0.15, 0.2) is 60.7 Å². The van der Waals surface area contributed by atoms with Crippen molar-refractivity contribution in [3.8, 4) is 11.1 Å². The molecule has 1 atom stereocenters. The highest BCUT2D eigenvalue weighted by molar-refractivity contribution is 5.81. The van der Waals surface area contributed by atoms with E-state index in [1.807, 2.05) is 12.1 Å². The molecule has 4 nitrogen and oxygen atoms in total. The fraction of sp³-hybridized carbons (Fsp3) is 0.176. The number of amides is 1. The van der Waals surface area contributed by atoms with Crippen molar-refractivity contribution in [1.82, 2.24) is 5.32 Å². The lowest BCUT2D eigenvalue weighted by molar-refractivity contribution is -0.140. The molecule has 0 bridgehead atoms. The van der Waals surface area contributed by atoms with Crippen LogP contribution in [0.3, 0.4) is 0 Å². The lowest BCUT2D eigenvalue weighted by Crippen LogP contribution is -2.36. The fourth-order valence-electron chi connectivity index (χ4n) is 1.63. The van der Waals surface area contributed by atoms with E-state index in [0.717, 1.165) is 0 Å². The van der Waals surface area contributed by atoms with Crippen molar-refractivity contribution >= 4 is 11.9 Å². The monoisotopic (exact) mass is 285 g/mol. The molecular formula is C17H19NO3. The summed E-state index contributed by atoms with van der Waals surface area (Å²) in [5, 5.41) is 10.4. The molecule has 0 aliphatic carbocycles. The number of carboxylic acids is 1. The zero-order valence-corrected chi connectivity index (χ0v) is 12.1. The van der Waals surface area contributed by atoms with E-state index in [1.54, 1.807) is 0 Å². The van der Waals surface area contributed by atoms with Crippen LogP contribution in [0, 0.1) is 0 Å². The van der Waals surface area contributed by atoms with E-state index in [9.17, 15) is 9.59 Å². The zero-order valence-electron chi connectivity index (χ0n) is 12.1. The van der Waals surface area contributed by atoms with Crippen molar-refractivity contribution in [1.29, 1.82) is 0 Å². The molecule has 2 rings (SSSR count). The number of benzene rings is 2. The highest BCUT2D eigenvalue weighted by Crippen LogP contribution is 2.17. The molecule has 21 heavy (non-hydrogen) atoms. The van der Waals surface area contributed by atoms with Gasteiger partial charge in [0.25, 0.3) is 0 Å². The van der Waals surface area contributed by atoms with Crippen LogP contribution in [0.5, 0.6) is 0 Å². The van der Waals surface area contributed by atoms with E-state index >= 15 is 0 Å². The third-order valence-corrected chi connectivity index (χ3v) is 2.67. The Morgan fingerprint density at radius 3 is 1.52 bits per heavy atom. The maximum Gasteiger partial charge on any atom is 0.325 e. The summed E-state index contributed by atoms with van der Waals surface area (Å²) in [7, 11) is 0. The lowest BCUT2D eigenvalue weighted by atomic mass is 10.1. The molecule has 0 unspecified atom stereocenters. The van der Waals surface area contributed by atoms with Crippen molar-refractivity contribution in [2.24, 2.45) is 0 Å². The van der Waals surface area contributed by atoms with Gasteiger partial charge >= 0.3 is 5.97 Å². The lowest BCUT2D eigenvalue weighted by Gasteiger charge is -2.04. The summed E-state index contributed by atoms with van der Waals surface area (Å²) >= 11 is 0. The number of carbonyl (C=O) groups excluding carboxylic acids is 1. The van der Waals surface area contributed by atoms with E-state index in [-0.39, 0.29) is 5.91 Å². The molecule has 0 heterocycles. The van der Waals surface area contributed by atoms with Gasteiger partial charge < -0.3 is 10.4 Å². The van der Waals surface area contributed by atoms with Gasteiger partial charge in [-0.3, -0.25) is 9.59 Å². The Kier molecular flexibility index (Phi) is 6.68. The van der Waals surface area contributed by atoms with E-state index in [4.69, 9.17) is 5.11 Å². The summed E-state index contributed by atoms with van der Waals surface area (Å²) in [4.78, 5) is 20.2. The Morgan fingerprint density at radius 1 is 0.905 bits per heavy atom. The molecule has 0 aromatic heterocycles. The molecule has 0 aliphatic rings. The molecule has 2 aromatic rings. The number of carbonyl (C=O) groups is 2. The average molecular weight is 285 g/mol. The minimum atomic E-state index is -1.02. The van der Waals surface area contributed by atoms with Crippen molar-refractivity contribution in [2.75, 3.05) is 0 Å². The molecule has 4 heteroatoms. The Hall–Kier alpha value is -2.62. The standard InChI is InChI=1S/C12H10.C5H9NO3/c1-3-7-11(8-4-1)12-9-5-2-6-10-12;1-3(5(8)9)6-4(2)7/h1-10H;3H,1-2H3,(H,6,7)(H,8,9)/t;3-/m.0/s1. The van der Waals surface area contributed by atoms with Crippen molar-refractivity contribution < 1.29 is 14.7 Å². The minimum absolute atomic E-state index is 0.329. The number of nitrogens with one attached hydrogen (secondary N) is 1. The summed E-state index contributed by atoms with van der Waals surface area (Å²) in [6.07, 6.45) is 0. The SMILES string of the molecule is CC(=O)N[C@@H](C)C(=O)O.c1ccc(-c2ccccc2)cc1. The number of hydrogen-bond acceptors (Lipinski definition) is 2. The Bertz CT molecular complexity index is 530. The van der Waals surface area contributed by atoms with Gasteiger partial charge in [0.2, 0.25) is 5.91 Å². The summed E-state index contributed by atoms with van der Waals surface area (Å²) in [5.41, 5.74) is 2.55. The Morgan fingerprint density at radius 2 is 1.29 bits per heavy atom.